The monoisotopic (exact) mass is 292 g/mol. The van der Waals surface area contributed by atoms with E-state index in [0.29, 0.717) is 11.8 Å². The van der Waals surface area contributed by atoms with Crippen molar-refractivity contribution < 1.29 is 4.74 Å². The van der Waals surface area contributed by atoms with Gasteiger partial charge in [-0.1, -0.05) is 33.6 Å². The second-order valence-electron chi connectivity index (χ2n) is 6.46. The van der Waals surface area contributed by atoms with E-state index in [1.165, 1.54) is 25.7 Å². The van der Waals surface area contributed by atoms with Gasteiger partial charge in [-0.25, -0.2) is 9.97 Å². The second-order valence-corrected chi connectivity index (χ2v) is 6.46. The Balaban J connectivity index is 2.18. The summed E-state index contributed by atoms with van der Waals surface area (Å²) in [5.41, 5.74) is 0.283. The molecular weight excluding hydrogens is 264 g/mol. The number of nitrogens with zero attached hydrogens (tertiary/aromatic N) is 2. The smallest absolute Gasteiger partial charge is 0.204 e. The van der Waals surface area contributed by atoms with Crippen molar-refractivity contribution in [1.29, 1.82) is 0 Å². The van der Waals surface area contributed by atoms with Gasteiger partial charge in [0.1, 0.15) is 6.33 Å². The summed E-state index contributed by atoms with van der Waals surface area (Å²) in [4.78, 5) is 8.68. The molecule has 0 aliphatic heterocycles. The maximum Gasteiger partial charge on any atom is 0.204 e. The van der Waals surface area contributed by atoms with Crippen LogP contribution in [0.25, 0.3) is 0 Å². The van der Waals surface area contributed by atoms with Crippen LogP contribution >= 0.6 is 0 Å². The lowest BCUT2D eigenvalue weighted by Gasteiger charge is -2.39. The van der Waals surface area contributed by atoms with Crippen molar-refractivity contribution in [2.24, 2.45) is 5.41 Å². The molecule has 0 radical (unpaired) electrons. The zero-order valence-electron chi connectivity index (χ0n) is 13.7. The summed E-state index contributed by atoms with van der Waals surface area (Å²) in [6.45, 7) is 7.66. The molecule has 1 unspecified atom stereocenters. The molecule has 1 heterocycles. The molecule has 21 heavy (non-hydrogen) atoms. The number of hydrogen-bond acceptors (Lipinski definition) is 5. The molecule has 1 fully saturated rings. The van der Waals surface area contributed by atoms with Gasteiger partial charge in [0.15, 0.2) is 11.6 Å². The fourth-order valence-corrected chi connectivity index (χ4v) is 2.97. The predicted molar refractivity (Wildman–Crippen MR) is 87.0 cm³/mol. The van der Waals surface area contributed by atoms with Crippen LogP contribution in [0.5, 0.6) is 5.75 Å². The van der Waals surface area contributed by atoms with E-state index in [1.807, 2.05) is 0 Å². The van der Waals surface area contributed by atoms with Gasteiger partial charge in [-0.2, -0.15) is 0 Å². The maximum absolute atomic E-state index is 5.53. The number of anilines is 2. The number of methoxy groups -OCH3 is 1. The third kappa shape index (κ3) is 3.77. The van der Waals surface area contributed by atoms with Gasteiger partial charge >= 0.3 is 0 Å². The van der Waals surface area contributed by atoms with Crippen LogP contribution < -0.4 is 15.4 Å². The van der Waals surface area contributed by atoms with Crippen molar-refractivity contribution in [3.8, 4) is 5.75 Å². The lowest BCUT2D eigenvalue weighted by Crippen LogP contribution is -2.39. The first kappa shape index (κ1) is 15.9. The zero-order valence-corrected chi connectivity index (χ0v) is 13.7. The highest BCUT2D eigenvalue weighted by Crippen LogP contribution is 2.39. The Morgan fingerprint density at radius 2 is 2.05 bits per heavy atom. The van der Waals surface area contributed by atoms with Crippen LogP contribution in [-0.2, 0) is 0 Å². The third-order valence-electron chi connectivity index (χ3n) is 4.37. The van der Waals surface area contributed by atoms with Gasteiger partial charge in [-0.15, -0.1) is 0 Å². The standard InChI is InChI=1S/C16H28N4O/c1-5-10-17-14-13(21-4)15(19-11-18-14)20-12-8-6-7-9-16(12,2)3/h11-12H,5-10H2,1-4H3,(H2,17,18,19,20). The summed E-state index contributed by atoms with van der Waals surface area (Å²) in [7, 11) is 1.67. The molecule has 1 atom stereocenters. The predicted octanol–water partition coefficient (Wildman–Crippen LogP) is 3.69. The number of ether oxygens (including phenoxy) is 1. The number of rotatable bonds is 6. The van der Waals surface area contributed by atoms with Crippen LogP contribution in [-0.4, -0.2) is 29.7 Å². The van der Waals surface area contributed by atoms with Gasteiger partial charge in [0.05, 0.1) is 7.11 Å². The molecule has 0 bridgehead atoms. The van der Waals surface area contributed by atoms with Crippen LogP contribution in [0.15, 0.2) is 6.33 Å². The Bertz CT molecular complexity index is 462. The van der Waals surface area contributed by atoms with Gasteiger partial charge in [-0.3, -0.25) is 0 Å². The highest BCUT2D eigenvalue weighted by molar-refractivity contribution is 5.63. The first-order valence-electron chi connectivity index (χ1n) is 7.98. The molecule has 118 valence electrons. The summed E-state index contributed by atoms with van der Waals surface area (Å²) >= 11 is 0. The van der Waals surface area contributed by atoms with E-state index >= 15 is 0 Å². The molecule has 0 saturated heterocycles. The first-order valence-corrected chi connectivity index (χ1v) is 7.98. The normalized spacial score (nSPS) is 20.9. The Morgan fingerprint density at radius 1 is 1.29 bits per heavy atom. The average Bonchev–Trinajstić information content (AvgIpc) is 2.47. The molecule has 1 aliphatic rings. The molecule has 1 aromatic rings. The summed E-state index contributed by atoms with van der Waals surface area (Å²) in [6, 6.07) is 0.425. The molecule has 2 N–H and O–H groups in total. The highest BCUT2D eigenvalue weighted by atomic mass is 16.5. The molecule has 5 nitrogen and oxygen atoms in total. The van der Waals surface area contributed by atoms with Gasteiger partial charge < -0.3 is 15.4 Å². The first-order chi connectivity index (χ1) is 10.1. The lowest BCUT2D eigenvalue weighted by atomic mass is 9.73. The molecule has 0 aromatic carbocycles. The summed E-state index contributed by atoms with van der Waals surface area (Å²) in [5.74, 6) is 2.28. The molecule has 0 amide bonds. The second kappa shape index (κ2) is 6.96. The van der Waals surface area contributed by atoms with Crippen molar-refractivity contribution >= 4 is 11.6 Å². The van der Waals surface area contributed by atoms with E-state index < -0.39 is 0 Å². The maximum atomic E-state index is 5.53. The van der Waals surface area contributed by atoms with Gasteiger partial charge in [0.2, 0.25) is 5.75 Å². The average molecular weight is 292 g/mol. The van der Waals surface area contributed by atoms with Gasteiger partial charge in [0, 0.05) is 12.6 Å². The zero-order chi connectivity index (χ0) is 15.3. The SMILES string of the molecule is CCCNc1ncnc(NC2CCCCC2(C)C)c1OC. The van der Waals surface area contributed by atoms with Crippen molar-refractivity contribution in [3.63, 3.8) is 0 Å². The van der Waals surface area contributed by atoms with E-state index in [0.717, 1.165) is 24.6 Å². The van der Waals surface area contributed by atoms with E-state index in [4.69, 9.17) is 4.74 Å². The van der Waals surface area contributed by atoms with Crippen LogP contribution in [0.1, 0.15) is 52.9 Å². The molecule has 1 aromatic heterocycles. The van der Waals surface area contributed by atoms with Crippen molar-refractivity contribution in [1.82, 2.24) is 9.97 Å². The summed E-state index contributed by atoms with van der Waals surface area (Å²) < 4.78 is 5.53. The highest BCUT2D eigenvalue weighted by Gasteiger charge is 2.33. The van der Waals surface area contributed by atoms with Crippen molar-refractivity contribution in [2.45, 2.75) is 58.9 Å². The van der Waals surface area contributed by atoms with Gasteiger partial charge in [0.25, 0.3) is 0 Å². The van der Waals surface area contributed by atoms with E-state index in [2.05, 4.69) is 41.4 Å². The minimum absolute atomic E-state index is 0.283. The van der Waals surface area contributed by atoms with Crippen molar-refractivity contribution in [3.05, 3.63) is 6.33 Å². The van der Waals surface area contributed by atoms with Crippen molar-refractivity contribution in [2.75, 3.05) is 24.3 Å². The Hall–Kier alpha value is -1.52. The largest absolute Gasteiger partial charge is 0.490 e. The summed E-state index contributed by atoms with van der Waals surface area (Å²) in [5, 5.41) is 6.89. The summed E-state index contributed by atoms with van der Waals surface area (Å²) in [6.07, 6.45) is 7.66. The van der Waals surface area contributed by atoms with Crippen LogP contribution in [0, 0.1) is 5.41 Å². The van der Waals surface area contributed by atoms with Crippen LogP contribution in [0.2, 0.25) is 0 Å². The third-order valence-corrected chi connectivity index (χ3v) is 4.37. The van der Waals surface area contributed by atoms with Gasteiger partial charge in [-0.05, 0) is 24.7 Å². The number of aromatic nitrogens is 2. The molecule has 0 spiro atoms. The molecule has 5 heteroatoms. The number of nitrogens with one attached hydrogen (secondary N) is 2. The van der Waals surface area contributed by atoms with E-state index in [9.17, 15) is 0 Å². The van der Waals surface area contributed by atoms with E-state index in [1.54, 1.807) is 13.4 Å². The Labute approximate surface area is 127 Å². The molecule has 1 aliphatic carbocycles. The van der Waals surface area contributed by atoms with E-state index in [-0.39, 0.29) is 5.41 Å². The molecule has 1 saturated carbocycles. The molecule has 2 rings (SSSR count). The molecular formula is C16H28N4O. The van der Waals surface area contributed by atoms with Crippen LogP contribution in [0.4, 0.5) is 11.6 Å². The quantitative estimate of drug-likeness (QED) is 0.837. The lowest BCUT2D eigenvalue weighted by molar-refractivity contribution is 0.216. The number of hydrogen-bond donors (Lipinski definition) is 2. The Morgan fingerprint density at radius 3 is 2.71 bits per heavy atom. The minimum Gasteiger partial charge on any atom is -0.490 e. The minimum atomic E-state index is 0.283. The fourth-order valence-electron chi connectivity index (χ4n) is 2.97. The van der Waals surface area contributed by atoms with Crippen LogP contribution in [0.3, 0.4) is 0 Å². The Kier molecular flexibility index (Phi) is 5.26. The topological polar surface area (TPSA) is 59.1 Å². The fraction of sp³-hybridized carbons (Fsp3) is 0.750.